The van der Waals surface area contributed by atoms with Crippen molar-refractivity contribution in [1.29, 1.82) is 0 Å². The maximum Gasteiger partial charge on any atom is 0.401 e. The first-order valence-corrected chi connectivity index (χ1v) is 4.98. The number of thiazole rings is 1. The Kier molecular flexibility index (Phi) is 3.49. The zero-order valence-electron chi connectivity index (χ0n) is 7.85. The van der Waals surface area contributed by atoms with Crippen LogP contribution in [-0.4, -0.2) is 17.7 Å². The zero-order valence-corrected chi connectivity index (χ0v) is 8.67. The summed E-state index contributed by atoms with van der Waals surface area (Å²) in [6.45, 7) is 2.51. The third kappa shape index (κ3) is 3.63. The van der Waals surface area contributed by atoms with E-state index in [0.717, 1.165) is 5.01 Å². The second-order valence-corrected chi connectivity index (χ2v) is 4.07. The van der Waals surface area contributed by atoms with Crippen molar-refractivity contribution in [3.63, 3.8) is 0 Å². The average molecular weight is 224 g/mol. The number of halogens is 3. The molecule has 1 aromatic heterocycles. The van der Waals surface area contributed by atoms with Crippen molar-refractivity contribution in [2.24, 2.45) is 0 Å². The van der Waals surface area contributed by atoms with E-state index < -0.39 is 12.7 Å². The van der Waals surface area contributed by atoms with E-state index in [9.17, 15) is 13.2 Å². The minimum absolute atomic E-state index is 0.360. The Morgan fingerprint density at radius 2 is 2.21 bits per heavy atom. The van der Waals surface area contributed by atoms with Crippen LogP contribution in [0.25, 0.3) is 0 Å². The lowest BCUT2D eigenvalue weighted by atomic mass is 10.2. The van der Waals surface area contributed by atoms with E-state index in [1.54, 1.807) is 12.3 Å². The molecule has 1 unspecified atom stereocenters. The molecule has 0 saturated heterocycles. The minimum Gasteiger partial charge on any atom is -0.301 e. The van der Waals surface area contributed by atoms with Gasteiger partial charge in [-0.15, -0.1) is 11.3 Å². The highest BCUT2D eigenvalue weighted by Crippen LogP contribution is 2.18. The van der Waals surface area contributed by atoms with E-state index in [2.05, 4.69) is 10.3 Å². The molecule has 1 rings (SSSR count). The second kappa shape index (κ2) is 4.27. The summed E-state index contributed by atoms with van der Waals surface area (Å²) in [6, 6.07) is -0.360. The zero-order chi connectivity index (χ0) is 10.8. The topological polar surface area (TPSA) is 24.9 Å². The summed E-state index contributed by atoms with van der Waals surface area (Å²) in [5.74, 6) is 0. The van der Waals surface area contributed by atoms with Crippen molar-refractivity contribution in [3.8, 4) is 0 Å². The highest BCUT2D eigenvalue weighted by molar-refractivity contribution is 7.09. The normalized spacial score (nSPS) is 14.4. The molecule has 0 aliphatic heterocycles. The Balaban J connectivity index is 2.47. The maximum atomic E-state index is 11.9. The van der Waals surface area contributed by atoms with Gasteiger partial charge in [0.1, 0.15) is 0 Å². The fraction of sp³-hybridized carbons (Fsp3) is 0.625. The lowest BCUT2D eigenvalue weighted by Crippen LogP contribution is -2.30. The molecule has 1 aromatic rings. The van der Waals surface area contributed by atoms with Crippen LogP contribution in [0.1, 0.15) is 23.7 Å². The fourth-order valence-corrected chi connectivity index (χ4v) is 1.66. The average Bonchev–Trinajstić information content (AvgIpc) is 2.46. The molecule has 0 radical (unpaired) electrons. The first-order chi connectivity index (χ1) is 6.38. The molecule has 0 aliphatic rings. The SMILES string of the molecule is Cc1nc(C(C)NCC(F)(F)F)cs1. The highest BCUT2D eigenvalue weighted by atomic mass is 32.1. The van der Waals surface area contributed by atoms with Gasteiger partial charge in [-0.2, -0.15) is 13.2 Å². The Morgan fingerprint density at radius 3 is 2.64 bits per heavy atom. The Hall–Kier alpha value is -0.620. The maximum absolute atomic E-state index is 11.9. The predicted octanol–water partition coefficient (Wildman–Crippen LogP) is 2.66. The lowest BCUT2D eigenvalue weighted by molar-refractivity contribution is -0.126. The van der Waals surface area contributed by atoms with Crippen LogP contribution in [0, 0.1) is 6.92 Å². The van der Waals surface area contributed by atoms with Gasteiger partial charge in [-0.25, -0.2) is 4.98 Å². The third-order valence-electron chi connectivity index (χ3n) is 1.69. The number of alkyl halides is 3. The molecule has 14 heavy (non-hydrogen) atoms. The van der Waals surface area contributed by atoms with Gasteiger partial charge in [0.2, 0.25) is 0 Å². The molecular formula is C8H11F3N2S. The summed E-state index contributed by atoms with van der Waals surface area (Å²) in [5.41, 5.74) is 0.664. The molecule has 0 saturated carbocycles. The summed E-state index contributed by atoms with van der Waals surface area (Å²) in [7, 11) is 0. The largest absolute Gasteiger partial charge is 0.401 e. The van der Waals surface area contributed by atoms with Crippen LogP contribution >= 0.6 is 11.3 Å². The second-order valence-electron chi connectivity index (χ2n) is 3.01. The van der Waals surface area contributed by atoms with Gasteiger partial charge in [0.05, 0.1) is 17.2 Å². The Bertz CT molecular complexity index is 295. The van der Waals surface area contributed by atoms with Gasteiger partial charge in [0, 0.05) is 11.4 Å². The van der Waals surface area contributed by atoms with E-state index in [1.165, 1.54) is 11.3 Å². The van der Waals surface area contributed by atoms with Crippen LogP contribution in [0.2, 0.25) is 0 Å². The smallest absolute Gasteiger partial charge is 0.301 e. The molecule has 0 aromatic carbocycles. The molecule has 0 spiro atoms. The molecule has 0 aliphatic carbocycles. The van der Waals surface area contributed by atoms with Crippen molar-refractivity contribution in [2.45, 2.75) is 26.1 Å². The van der Waals surface area contributed by atoms with Gasteiger partial charge >= 0.3 is 6.18 Å². The molecule has 80 valence electrons. The standard InChI is InChI=1S/C8H11F3N2S/c1-5(12-4-8(9,10)11)7-3-14-6(2)13-7/h3,5,12H,4H2,1-2H3. The first-order valence-electron chi connectivity index (χ1n) is 4.10. The van der Waals surface area contributed by atoms with E-state index in [1.807, 2.05) is 6.92 Å². The van der Waals surface area contributed by atoms with Crippen molar-refractivity contribution in [2.75, 3.05) is 6.54 Å². The molecular weight excluding hydrogens is 213 g/mol. The number of aromatic nitrogens is 1. The minimum atomic E-state index is -4.17. The van der Waals surface area contributed by atoms with Crippen molar-refractivity contribution < 1.29 is 13.2 Å². The quantitative estimate of drug-likeness (QED) is 0.853. The molecule has 2 nitrogen and oxygen atoms in total. The first kappa shape index (κ1) is 11.5. The van der Waals surface area contributed by atoms with Crippen LogP contribution < -0.4 is 5.32 Å². The number of nitrogens with zero attached hydrogens (tertiary/aromatic N) is 1. The van der Waals surface area contributed by atoms with Crippen LogP contribution in [0.15, 0.2) is 5.38 Å². The molecule has 6 heteroatoms. The van der Waals surface area contributed by atoms with Gasteiger partial charge in [-0.05, 0) is 13.8 Å². The summed E-state index contributed by atoms with van der Waals surface area (Å²) >= 11 is 1.43. The highest BCUT2D eigenvalue weighted by Gasteiger charge is 2.27. The number of hydrogen-bond donors (Lipinski definition) is 1. The summed E-state index contributed by atoms with van der Waals surface area (Å²) in [5, 5.41) is 5.00. The predicted molar refractivity (Wildman–Crippen MR) is 49.3 cm³/mol. The summed E-state index contributed by atoms with van der Waals surface area (Å²) in [6.07, 6.45) is -4.17. The number of rotatable bonds is 3. The fourth-order valence-electron chi connectivity index (χ4n) is 0.952. The Labute approximate surface area is 84.2 Å². The van der Waals surface area contributed by atoms with Gasteiger partial charge < -0.3 is 5.32 Å². The van der Waals surface area contributed by atoms with E-state index in [4.69, 9.17) is 0 Å². The number of aryl methyl sites for hydroxylation is 1. The molecule has 0 fully saturated rings. The monoisotopic (exact) mass is 224 g/mol. The summed E-state index contributed by atoms with van der Waals surface area (Å²) in [4.78, 5) is 4.10. The van der Waals surface area contributed by atoms with Gasteiger partial charge in [0.25, 0.3) is 0 Å². The van der Waals surface area contributed by atoms with E-state index >= 15 is 0 Å². The van der Waals surface area contributed by atoms with Crippen molar-refractivity contribution >= 4 is 11.3 Å². The molecule has 0 amide bonds. The van der Waals surface area contributed by atoms with Gasteiger partial charge in [-0.3, -0.25) is 0 Å². The lowest BCUT2D eigenvalue weighted by Gasteiger charge is -2.13. The van der Waals surface area contributed by atoms with Crippen molar-refractivity contribution in [1.82, 2.24) is 10.3 Å². The third-order valence-corrected chi connectivity index (χ3v) is 2.48. The molecule has 1 N–H and O–H groups in total. The summed E-state index contributed by atoms with van der Waals surface area (Å²) < 4.78 is 35.6. The van der Waals surface area contributed by atoms with Crippen LogP contribution in [0.5, 0.6) is 0 Å². The number of nitrogens with one attached hydrogen (secondary N) is 1. The van der Waals surface area contributed by atoms with Crippen molar-refractivity contribution in [3.05, 3.63) is 16.1 Å². The molecule has 1 atom stereocenters. The van der Waals surface area contributed by atoms with Gasteiger partial charge in [-0.1, -0.05) is 0 Å². The molecule has 1 heterocycles. The van der Waals surface area contributed by atoms with Crippen LogP contribution in [-0.2, 0) is 0 Å². The number of hydrogen-bond acceptors (Lipinski definition) is 3. The van der Waals surface area contributed by atoms with E-state index in [0.29, 0.717) is 5.69 Å². The Morgan fingerprint density at radius 1 is 1.57 bits per heavy atom. The molecule has 0 bridgehead atoms. The van der Waals surface area contributed by atoms with Crippen LogP contribution in [0.4, 0.5) is 13.2 Å². The van der Waals surface area contributed by atoms with Crippen LogP contribution in [0.3, 0.4) is 0 Å². The van der Waals surface area contributed by atoms with Gasteiger partial charge in [0.15, 0.2) is 0 Å². The van der Waals surface area contributed by atoms with E-state index in [-0.39, 0.29) is 6.04 Å².